The van der Waals surface area contributed by atoms with Crippen molar-refractivity contribution in [1.82, 2.24) is 10.2 Å². The highest BCUT2D eigenvalue weighted by molar-refractivity contribution is 7.99. The van der Waals surface area contributed by atoms with Gasteiger partial charge >= 0.3 is 0 Å². The Morgan fingerprint density at radius 1 is 1.30 bits per heavy atom. The van der Waals surface area contributed by atoms with Crippen LogP contribution in [-0.2, 0) is 14.3 Å². The van der Waals surface area contributed by atoms with Crippen LogP contribution in [0.3, 0.4) is 0 Å². The molecule has 2 fully saturated rings. The number of carbonyl (C=O) groups excluding carboxylic acids is 2. The summed E-state index contributed by atoms with van der Waals surface area (Å²) in [5, 5.41) is 3.23. The molecule has 0 radical (unpaired) electrons. The number of nitrogens with one attached hydrogen (secondary N) is 1. The van der Waals surface area contributed by atoms with E-state index in [1.807, 2.05) is 19.1 Å². The number of aryl methyl sites for hydroxylation is 1. The average Bonchev–Trinajstić information content (AvgIpc) is 3.13. The molecule has 0 unspecified atom stereocenters. The fraction of sp³-hybridized carbons (Fsp3) is 0.600. The van der Waals surface area contributed by atoms with Gasteiger partial charge in [0, 0.05) is 37.5 Å². The van der Waals surface area contributed by atoms with Gasteiger partial charge < -0.3 is 19.7 Å². The Morgan fingerprint density at radius 2 is 2.07 bits per heavy atom. The quantitative estimate of drug-likeness (QED) is 0.840. The number of fused-ring (bicyclic) bond motifs is 1. The van der Waals surface area contributed by atoms with Crippen molar-refractivity contribution in [2.24, 2.45) is 0 Å². The van der Waals surface area contributed by atoms with E-state index in [4.69, 9.17) is 9.47 Å². The molecule has 1 aromatic rings. The molecular weight excluding hydrogens is 364 g/mol. The summed E-state index contributed by atoms with van der Waals surface area (Å²) in [7, 11) is 0. The Labute approximate surface area is 164 Å². The SMILES string of the molecule is CC(=O)N1CSC[C@@H]1C(=O)N[C@@H]1CC2(CCOCC2)Oc2ccc(C)cc21. The molecule has 0 aromatic heterocycles. The van der Waals surface area contributed by atoms with Crippen molar-refractivity contribution >= 4 is 23.6 Å². The second-order valence-electron chi connectivity index (χ2n) is 7.71. The maximum atomic E-state index is 13.0. The molecule has 0 bridgehead atoms. The van der Waals surface area contributed by atoms with Crippen LogP contribution in [0.5, 0.6) is 5.75 Å². The molecule has 146 valence electrons. The zero-order valence-corrected chi connectivity index (χ0v) is 16.6. The van der Waals surface area contributed by atoms with Crippen molar-refractivity contribution in [3.63, 3.8) is 0 Å². The topological polar surface area (TPSA) is 67.9 Å². The molecule has 1 aromatic carbocycles. The lowest BCUT2D eigenvalue weighted by atomic mass is 9.81. The van der Waals surface area contributed by atoms with E-state index in [0.29, 0.717) is 24.8 Å². The number of ether oxygens (including phenoxy) is 2. The lowest BCUT2D eigenvalue weighted by Gasteiger charge is -2.44. The number of thioether (sulfide) groups is 1. The average molecular weight is 391 g/mol. The van der Waals surface area contributed by atoms with Gasteiger partial charge in [-0.15, -0.1) is 11.8 Å². The zero-order valence-electron chi connectivity index (χ0n) is 15.8. The van der Waals surface area contributed by atoms with Crippen LogP contribution < -0.4 is 10.1 Å². The molecule has 2 saturated heterocycles. The van der Waals surface area contributed by atoms with Gasteiger partial charge in [-0.3, -0.25) is 9.59 Å². The summed E-state index contributed by atoms with van der Waals surface area (Å²) in [6, 6.07) is 5.64. The molecule has 3 aliphatic heterocycles. The summed E-state index contributed by atoms with van der Waals surface area (Å²) in [5.74, 6) is 1.95. The van der Waals surface area contributed by atoms with Gasteiger partial charge in [0.05, 0.1) is 25.1 Å². The maximum Gasteiger partial charge on any atom is 0.244 e. The lowest BCUT2D eigenvalue weighted by molar-refractivity contribution is -0.137. The molecule has 0 saturated carbocycles. The Bertz CT molecular complexity index is 747. The molecule has 3 aliphatic rings. The van der Waals surface area contributed by atoms with Crippen LogP contribution in [0.1, 0.15) is 43.4 Å². The maximum absolute atomic E-state index is 13.0. The van der Waals surface area contributed by atoms with Crippen LogP contribution in [0.4, 0.5) is 0 Å². The van der Waals surface area contributed by atoms with Crippen LogP contribution in [0.2, 0.25) is 0 Å². The normalized spacial score (nSPS) is 26.4. The van der Waals surface area contributed by atoms with Gasteiger partial charge in [-0.05, 0) is 13.0 Å². The van der Waals surface area contributed by atoms with E-state index in [1.165, 1.54) is 6.92 Å². The number of hydrogen-bond donors (Lipinski definition) is 1. The van der Waals surface area contributed by atoms with E-state index in [0.717, 1.165) is 36.1 Å². The highest BCUT2D eigenvalue weighted by atomic mass is 32.2. The van der Waals surface area contributed by atoms with Gasteiger partial charge in [-0.1, -0.05) is 17.7 Å². The standard InChI is InChI=1S/C20H26N2O4S/c1-13-3-4-18-15(9-13)16(10-20(26-18)5-7-25-8-6-20)21-19(24)17-11-27-12-22(17)14(2)23/h3-4,9,16-17H,5-8,10-12H2,1-2H3,(H,21,24)/t16-,17-/m1/s1. The Kier molecular flexibility index (Phi) is 5.07. The Balaban J connectivity index is 1.59. The smallest absolute Gasteiger partial charge is 0.244 e. The van der Waals surface area contributed by atoms with Crippen molar-refractivity contribution < 1.29 is 19.1 Å². The Morgan fingerprint density at radius 3 is 2.81 bits per heavy atom. The summed E-state index contributed by atoms with van der Waals surface area (Å²) in [6.07, 6.45) is 2.38. The third kappa shape index (κ3) is 3.67. The zero-order chi connectivity index (χ0) is 19.0. The molecule has 0 aliphatic carbocycles. The van der Waals surface area contributed by atoms with E-state index in [2.05, 4.69) is 11.4 Å². The molecule has 2 atom stereocenters. The van der Waals surface area contributed by atoms with Gasteiger partial charge in [0.15, 0.2) is 0 Å². The third-order valence-electron chi connectivity index (χ3n) is 5.75. The fourth-order valence-electron chi connectivity index (χ4n) is 4.21. The molecule has 7 heteroatoms. The molecule has 1 spiro atoms. The van der Waals surface area contributed by atoms with Crippen molar-refractivity contribution in [3.05, 3.63) is 29.3 Å². The molecule has 4 rings (SSSR count). The predicted octanol–water partition coefficient (Wildman–Crippen LogP) is 2.41. The number of amides is 2. The second-order valence-corrected chi connectivity index (χ2v) is 8.71. The minimum Gasteiger partial charge on any atom is -0.487 e. The highest BCUT2D eigenvalue weighted by Crippen LogP contribution is 2.44. The number of nitrogens with zero attached hydrogens (tertiary/aromatic N) is 1. The van der Waals surface area contributed by atoms with E-state index < -0.39 is 6.04 Å². The van der Waals surface area contributed by atoms with Crippen LogP contribution >= 0.6 is 11.8 Å². The second kappa shape index (κ2) is 7.36. The van der Waals surface area contributed by atoms with Crippen LogP contribution in [-0.4, -0.2) is 53.2 Å². The van der Waals surface area contributed by atoms with Crippen molar-refractivity contribution in [3.8, 4) is 5.75 Å². The first-order chi connectivity index (χ1) is 13.0. The molecular formula is C20H26N2O4S. The van der Waals surface area contributed by atoms with Gasteiger partial charge in [-0.2, -0.15) is 0 Å². The molecule has 3 heterocycles. The summed E-state index contributed by atoms with van der Waals surface area (Å²) in [4.78, 5) is 26.5. The van der Waals surface area contributed by atoms with Crippen molar-refractivity contribution in [2.75, 3.05) is 24.8 Å². The Hall–Kier alpha value is -1.73. The fourth-order valence-corrected chi connectivity index (χ4v) is 5.42. The van der Waals surface area contributed by atoms with Gasteiger partial charge in [0.25, 0.3) is 0 Å². The number of hydrogen-bond acceptors (Lipinski definition) is 5. The number of rotatable bonds is 2. The first kappa shape index (κ1) is 18.6. The highest BCUT2D eigenvalue weighted by Gasteiger charge is 2.44. The summed E-state index contributed by atoms with van der Waals surface area (Å²) in [5.41, 5.74) is 1.88. The van der Waals surface area contributed by atoms with Crippen LogP contribution in [0.25, 0.3) is 0 Å². The third-order valence-corrected chi connectivity index (χ3v) is 6.77. The van der Waals surface area contributed by atoms with Gasteiger partial charge in [0.2, 0.25) is 11.8 Å². The molecule has 6 nitrogen and oxygen atoms in total. The first-order valence-electron chi connectivity index (χ1n) is 9.50. The summed E-state index contributed by atoms with van der Waals surface area (Å²) >= 11 is 1.62. The number of carbonyl (C=O) groups is 2. The minimum atomic E-state index is -0.394. The van der Waals surface area contributed by atoms with Crippen LogP contribution in [0, 0.1) is 6.92 Å². The van der Waals surface area contributed by atoms with Crippen molar-refractivity contribution in [1.29, 1.82) is 0 Å². The summed E-state index contributed by atoms with van der Waals surface area (Å²) in [6.45, 7) is 4.93. The summed E-state index contributed by atoms with van der Waals surface area (Å²) < 4.78 is 11.9. The van der Waals surface area contributed by atoms with Gasteiger partial charge in [-0.25, -0.2) is 0 Å². The van der Waals surface area contributed by atoms with Gasteiger partial charge in [0.1, 0.15) is 17.4 Å². The van der Waals surface area contributed by atoms with E-state index in [9.17, 15) is 9.59 Å². The molecule has 1 N–H and O–H groups in total. The van der Waals surface area contributed by atoms with Crippen molar-refractivity contribution in [2.45, 2.75) is 50.8 Å². The lowest BCUT2D eigenvalue weighted by Crippen LogP contribution is -2.52. The minimum absolute atomic E-state index is 0.0516. The monoisotopic (exact) mass is 390 g/mol. The largest absolute Gasteiger partial charge is 0.487 e. The van der Waals surface area contributed by atoms with E-state index in [-0.39, 0.29) is 23.5 Å². The first-order valence-corrected chi connectivity index (χ1v) is 10.7. The van der Waals surface area contributed by atoms with E-state index >= 15 is 0 Å². The predicted molar refractivity (Wildman–Crippen MR) is 104 cm³/mol. The molecule has 2 amide bonds. The van der Waals surface area contributed by atoms with Crippen LogP contribution in [0.15, 0.2) is 18.2 Å². The molecule has 27 heavy (non-hydrogen) atoms. The van der Waals surface area contributed by atoms with E-state index in [1.54, 1.807) is 16.7 Å². The number of benzene rings is 1.